The Morgan fingerprint density at radius 2 is 2.29 bits per heavy atom. The topological polar surface area (TPSA) is 89.6 Å². The van der Waals surface area contributed by atoms with Crippen molar-refractivity contribution in [2.75, 3.05) is 6.61 Å². The van der Waals surface area contributed by atoms with E-state index in [1.807, 2.05) is 0 Å². The van der Waals surface area contributed by atoms with Gasteiger partial charge in [-0.25, -0.2) is 4.79 Å². The normalized spacial score (nSPS) is 9.79. The first-order chi connectivity index (χ1) is 6.50. The summed E-state index contributed by atoms with van der Waals surface area (Å²) in [5, 5.41) is 8.76. The van der Waals surface area contributed by atoms with Gasteiger partial charge in [0.1, 0.15) is 5.75 Å². The largest absolute Gasteiger partial charge is 0.482 e. The number of nitrogens with two attached hydrogens (primary N) is 1. The Morgan fingerprint density at radius 1 is 1.64 bits per heavy atom. The van der Waals surface area contributed by atoms with Crippen molar-refractivity contribution in [2.45, 2.75) is 6.92 Å². The summed E-state index contributed by atoms with van der Waals surface area (Å²) in [5.74, 6) is -1.51. The second kappa shape index (κ2) is 4.10. The number of rotatable bonds is 4. The van der Waals surface area contributed by atoms with E-state index in [2.05, 4.69) is 0 Å². The van der Waals surface area contributed by atoms with Crippen LogP contribution in [0, 0.1) is 6.92 Å². The van der Waals surface area contributed by atoms with E-state index >= 15 is 0 Å². The minimum absolute atomic E-state index is 0.0868. The Kier molecular flexibility index (Phi) is 3.08. The number of aryl methyl sites for hydroxylation is 1. The van der Waals surface area contributed by atoms with E-state index in [-0.39, 0.29) is 17.2 Å². The molecule has 5 nitrogen and oxygen atoms in total. The molecule has 14 heavy (non-hydrogen) atoms. The van der Waals surface area contributed by atoms with Crippen LogP contribution in [0.4, 0.5) is 0 Å². The second-order valence-electron chi connectivity index (χ2n) is 2.61. The van der Waals surface area contributed by atoms with Crippen LogP contribution in [0.25, 0.3) is 0 Å². The lowest BCUT2D eigenvalue weighted by molar-refractivity contribution is -0.119. The molecule has 1 rings (SSSR count). The number of hydrogen-bond donors (Lipinski definition) is 2. The first-order valence-electron chi connectivity index (χ1n) is 3.75. The molecule has 0 radical (unpaired) electrons. The molecule has 6 heteroatoms. The zero-order chi connectivity index (χ0) is 10.7. The number of aromatic carboxylic acids is 1. The first kappa shape index (κ1) is 10.5. The predicted octanol–water partition coefficient (Wildman–Crippen LogP) is 0.619. The van der Waals surface area contributed by atoms with Crippen LogP contribution < -0.4 is 10.5 Å². The highest BCUT2D eigenvalue weighted by atomic mass is 32.1. The van der Waals surface area contributed by atoms with Crippen molar-refractivity contribution >= 4 is 23.2 Å². The Bertz CT molecular complexity index is 371. The molecule has 0 aliphatic heterocycles. The highest BCUT2D eigenvalue weighted by Gasteiger charge is 2.15. The number of amides is 1. The van der Waals surface area contributed by atoms with Crippen LogP contribution in [0.1, 0.15) is 14.5 Å². The van der Waals surface area contributed by atoms with Crippen LogP contribution in [0.15, 0.2) is 6.07 Å². The van der Waals surface area contributed by atoms with Crippen molar-refractivity contribution in [3.8, 4) is 5.75 Å². The van der Waals surface area contributed by atoms with Gasteiger partial charge in [-0.05, 0) is 13.0 Å². The summed E-state index contributed by atoms with van der Waals surface area (Å²) >= 11 is 1.10. The van der Waals surface area contributed by atoms with E-state index in [1.165, 1.54) is 0 Å². The molecule has 76 valence electrons. The fourth-order valence-corrected chi connectivity index (χ4v) is 1.69. The van der Waals surface area contributed by atoms with Crippen LogP contribution in [0.3, 0.4) is 0 Å². The summed E-state index contributed by atoms with van der Waals surface area (Å²) in [5.41, 5.74) is 4.87. The Balaban J connectivity index is 2.84. The van der Waals surface area contributed by atoms with Crippen molar-refractivity contribution < 1.29 is 19.4 Å². The van der Waals surface area contributed by atoms with Gasteiger partial charge < -0.3 is 15.6 Å². The maximum Gasteiger partial charge on any atom is 0.349 e. The number of thiophene rings is 1. The molecule has 3 N–H and O–H groups in total. The van der Waals surface area contributed by atoms with E-state index in [1.54, 1.807) is 13.0 Å². The zero-order valence-electron chi connectivity index (χ0n) is 7.44. The van der Waals surface area contributed by atoms with Crippen molar-refractivity contribution in [1.29, 1.82) is 0 Å². The van der Waals surface area contributed by atoms with Crippen molar-refractivity contribution in [1.82, 2.24) is 0 Å². The third-order valence-electron chi connectivity index (χ3n) is 1.39. The third-order valence-corrected chi connectivity index (χ3v) is 2.41. The monoisotopic (exact) mass is 215 g/mol. The van der Waals surface area contributed by atoms with Crippen molar-refractivity contribution in [3.63, 3.8) is 0 Å². The average molecular weight is 215 g/mol. The molecule has 0 saturated heterocycles. The van der Waals surface area contributed by atoms with Crippen LogP contribution in [0.2, 0.25) is 0 Å². The Morgan fingerprint density at radius 3 is 2.79 bits per heavy atom. The molecule has 0 aromatic carbocycles. The van der Waals surface area contributed by atoms with Gasteiger partial charge in [-0.15, -0.1) is 11.3 Å². The van der Waals surface area contributed by atoms with Gasteiger partial charge in [-0.2, -0.15) is 0 Å². The number of hydrogen-bond acceptors (Lipinski definition) is 4. The molecule has 0 unspecified atom stereocenters. The van der Waals surface area contributed by atoms with E-state index in [4.69, 9.17) is 15.6 Å². The molecular formula is C8H9NO4S. The minimum Gasteiger partial charge on any atom is -0.482 e. The molecule has 0 aliphatic carbocycles. The number of carbonyl (C=O) groups is 2. The third kappa shape index (κ3) is 2.46. The number of ether oxygens (including phenoxy) is 1. The molecule has 1 amide bonds. The van der Waals surface area contributed by atoms with E-state index in [0.29, 0.717) is 0 Å². The summed E-state index contributed by atoms with van der Waals surface area (Å²) in [6.07, 6.45) is 0. The average Bonchev–Trinajstić information content (AvgIpc) is 2.43. The number of carboxylic acids is 1. The lowest BCUT2D eigenvalue weighted by Crippen LogP contribution is -2.20. The lowest BCUT2D eigenvalue weighted by Gasteiger charge is -2.01. The van der Waals surface area contributed by atoms with Gasteiger partial charge in [0.2, 0.25) is 0 Å². The van der Waals surface area contributed by atoms with Gasteiger partial charge in [0.05, 0.1) is 0 Å². The van der Waals surface area contributed by atoms with Crippen LogP contribution in [-0.4, -0.2) is 23.6 Å². The quantitative estimate of drug-likeness (QED) is 0.770. The van der Waals surface area contributed by atoms with Crippen molar-refractivity contribution in [3.05, 3.63) is 15.8 Å². The highest BCUT2D eigenvalue weighted by Crippen LogP contribution is 2.28. The van der Waals surface area contributed by atoms with E-state index < -0.39 is 11.9 Å². The van der Waals surface area contributed by atoms with Crippen LogP contribution in [0.5, 0.6) is 5.75 Å². The van der Waals surface area contributed by atoms with Crippen molar-refractivity contribution in [2.24, 2.45) is 5.73 Å². The Hall–Kier alpha value is -1.56. The number of carbonyl (C=O) groups excluding carboxylic acids is 1. The van der Waals surface area contributed by atoms with Gasteiger partial charge >= 0.3 is 5.97 Å². The fourth-order valence-electron chi connectivity index (χ4n) is 0.896. The van der Waals surface area contributed by atoms with Gasteiger partial charge in [0, 0.05) is 4.88 Å². The maximum absolute atomic E-state index is 10.7. The van der Waals surface area contributed by atoms with Crippen LogP contribution >= 0.6 is 11.3 Å². The van der Waals surface area contributed by atoms with E-state index in [0.717, 1.165) is 16.2 Å². The molecule has 0 aliphatic rings. The first-order valence-corrected chi connectivity index (χ1v) is 4.57. The molecule has 0 saturated carbocycles. The molecule has 1 aromatic rings. The second-order valence-corrected chi connectivity index (χ2v) is 3.87. The number of primary amides is 1. The lowest BCUT2D eigenvalue weighted by atomic mass is 10.4. The molecule has 1 aromatic heterocycles. The molecule has 0 atom stereocenters. The summed E-state index contributed by atoms with van der Waals surface area (Å²) in [7, 11) is 0. The summed E-state index contributed by atoms with van der Waals surface area (Å²) in [6.45, 7) is 1.45. The summed E-state index contributed by atoms with van der Waals surface area (Å²) < 4.78 is 4.94. The standard InChI is InChI=1S/C8H9NO4S/c1-4-2-5(13-3-6(9)10)7(14-4)8(11)12/h2H,3H2,1H3,(H2,9,10)(H,11,12). The molecular weight excluding hydrogens is 206 g/mol. The summed E-state index contributed by atoms with van der Waals surface area (Å²) in [6, 6.07) is 1.57. The minimum atomic E-state index is -1.07. The number of carboxylic acid groups (broad SMARTS) is 1. The molecule has 0 fully saturated rings. The van der Waals surface area contributed by atoms with Gasteiger partial charge in [0.25, 0.3) is 5.91 Å². The van der Waals surface area contributed by atoms with Crippen LogP contribution in [-0.2, 0) is 4.79 Å². The zero-order valence-corrected chi connectivity index (χ0v) is 8.26. The molecule has 0 spiro atoms. The SMILES string of the molecule is Cc1cc(OCC(N)=O)c(C(=O)O)s1. The van der Waals surface area contributed by atoms with Gasteiger partial charge in [-0.3, -0.25) is 4.79 Å². The fraction of sp³-hybridized carbons (Fsp3) is 0.250. The smallest absolute Gasteiger partial charge is 0.349 e. The molecule has 0 bridgehead atoms. The van der Waals surface area contributed by atoms with Gasteiger partial charge in [-0.1, -0.05) is 0 Å². The van der Waals surface area contributed by atoms with E-state index in [9.17, 15) is 9.59 Å². The molecule has 1 heterocycles. The van der Waals surface area contributed by atoms with Gasteiger partial charge in [0.15, 0.2) is 11.5 Å². The highest BCUT2D eigenvalue weighted by molar-refractivity contribution is 7.14. The summed E-state index contributed by atoms with van der Waals surface area (Å²) in [4.78, 5) is 22.0. The Labute approximate surface area is 84.1 Å². The predicted molar refractivity (Wildman–Crippen MR) is 50.7 cm³/mol. The maximum atomic E-state index is 10.7.